The van der Waals surface area contributed by atoms with Gasteiger partial charge in [0.2, 0.25) is 0 Å². The molecule has 4 fully saturated rings. The van der Waals surface area contributed by atoms with Crippen LogP contribution >= 0.6 is 0 Å². The van der Waals surface area contributed by atoms with Crippen LogP contribution in [0.1, 0.15) is 86.0 Å². The molecule has 0 spiro atoms. The highest BCUT2D eigenvalue weighted by molar-refractivity contribution is 5.72. The average Bonchev–Trinajstić information content (AvgIpc) is 3.11. The van der Waals surface area contributed by atoms with Crippen molar-refractivity contribution >= 4 is 17.9 Å². The van der Waals surface area contributed by atoms with E-state index in [0.717, 1.165) is 44.9 Å². The molecule has 4 saturated carbocycles. The summed E-state index contributed by atoms with van der Waals surface area (Å²) in [5.41, 5.74) is -0.0378. The number of rotatable bonds is 4. The van der Waals surface area contributed by atoms with Crippen LogP contribution in [0.2, 0.25) is 0 Å². The van der Waals surface area contributed by atoms with Crippen molar-refractivity contribution in [3.63, 3.8) is 0 Å². The zero-order valence-electron chi connectivity index (χ0n) is 21.2. The number of fused-ring (bicyclic) bond motifs is 5. The maximum atomic E-state index is 12.5. The SMILES string of the molecule is COC(=O)C(C)C1CCC2C3CCC4CC(OC(C)=O)CCC4(C)C3CC(OC(C)=O)C12C. The first kappa shape index (κ1) is 24.5. The molecule has 4 rings (SSSR count). The van der Waals surface area contributed by atoms with E-state index in [2.05, 4.69) is 13.8 Å². The van der Waals surface area contributed by atoms with Crippen LogP contribution in [-0.2, 0) is 28.6 Å². The van der Waals surface area contributed by atoms with E-state index in [-0.39, 0.29) is 52.8 Å². The molecule has 186 valence electrons. The summed E-state index contributed by atoms with van der Waals surface area (Å²) in [6, 6.07) is 0. The highest BCUT2D eigenvalue weighted by atomic mass is 16.5. The van der Waals surface area contributed by atoms with Crippen LogP contribution in [-0.4, -0.2) is 37.2 Å². The number of methoxy groups -OCH3 is 1. The predicted molar refractivity (Wildman–Crippen MR) is 123 cm³/mol. The molecule has 6 nitrogen and oxygen atoms in total. The van der Waals surface area contributed by atoms with Crippen LogP contribution < -0.4 is 0 Å². The molecule has 0 aromatic rings. The third kappa shape index (κ3) is 3.99. The third-order valence-corrected chi connectivity index (χ3v) is 10.6. The summed E-state index contributed by atoms with van der Waals surface area (Å²) in [5.74, 6) is 1.43. The van der Waals surface area contributed by atoms with E-state index in [9.17, 15) is 14.4 Å². The molecule has 0 bridgehead atoms. The van der Waals surface area contributed by atoms with Crippen molar-refractivity contribution < 1.29 is 28.6 Å². The van der Waals surface area contributed by atoms with Crippen molar-refractivity contribution in [3.8, 4) is 0 Å². The van der Waals surface area contributed by atoms with Gasteiger partial charge in [0.05, 0.1) is 13.0 Å². The van der Waals surface area contributed by atoms with Gasteiger partial charge in [-0.15, -0.1) is 0 Å². The van der Waals surface area contributed by atoms with Gasteiger partial charge < -0.3 is 14.2 Å². The second-order valence-electron chi connectivity index (χ2n) is 11.9. The molecule has 10 atom stereocenters. The minimum atomic E-state index is -0.231. The van der Waals surface area contributed by atoms with E-state index < -0.39 is 0 Å². The van der Waals surface area contributed by atoms with E-state index >= 15 is 0 Å². The van der Waals surface area contributed by atoms with Crippen LogP contribution in [0.3, 0.4) is 0 Å². The Kier molecular flexibility index (Phi) is 6.60. The molecule has 33 heavy (non-hydrogen) atoms. The molecule has 4 aliphatic carbocycles. The number of hydrogen-bond donors (Lipinski definition) is 0. The summed E-state index contributed by atoms with van der Waals surface area (Å²) in [6.45, 7) is 9.71. The van der Waals surface area contributed by atoms with Gasteiger partial charge in [-0.25, -0.2) is 0 Å². The Hall–Kier alpha value is -1.59. The minimum Gasteiger partial charge on any atom is -0.469 e. The number of ether oxygens (including phenoxy) is 3. The van der Waals surface area contributed by atoms with Crippen LogP contribution in [0.4, 0.5) is 0 Å². The van der Waals surface area contributed by atoms with Crippen molar-refractivity contribution in [2.24, 2.45) is 46.3 Å². The molecule has 0 radical (unpaired) electrons. The Labute approximate surface area is 198 Å². The number of esters is 3. The molecule has 0 aliphatic heterocycles. The smallest absolute Gasteiger partial charge is 0.308 e. The van der Waals surface area contributed by atoms with Crippen LogP contribution in [0.25, 0.3) is 0 Å². The third-order valence-electron chi connectivity index (χ3n) is 10.6. The van der Waals surface area contributed by atoms with E-state index in [0.29, 0.717) is 23.7 Å². The average molecular weight is 463 g/mol. The van der Waals surface area contributed by atoms with Crippen molar-refractivity contribution in [2.45, 2.75) is 98.2 Å². The Morgan fingerprint density at radius 2 is 1.58 bits per heavy atom. The Bertz CT molecular complexity index is 793. The Balaban J connectivity index is 1.64. The van der Waals surface area contributed by atoms with Gasteiger partial charge in [-0.3, -0.25) is 14.4 Å². The lowest BCUT2D eigenvalue weighted by atomic mass is 9.43. The van der Waals surface area contributed by atoms with Crippen LogP contribution in [0.15, 0.2) is 0 Å². The van der Waals surface area contributed by atoms with E-state index in [1.807, 2.05) is 6.92 Å². The summed E-state index contributed by atoms with van der Waals surface area (Å²) in [7, 11) is 1.46. The fourth-order valence-electron chi connectivity index (χ4n) is 9.08. The molecule has 0 N–H and O–H groups in total. The molecule has 0 aromatic heterocycles. The predicted octanol–water partition coefficient (Wildman–Crippen LogP) is 4.93. The summed E-state index contributed by atoms with van der Waals surface area (Å²) in [4.78, 5) is 36.3. The fourth-order valence-corrected chi connectivity index (χ4v) is 9.08. The quantitative estimate of drug-likeness (QED) is 0.435. The Morgan fingerprint density at radius 1 is 0.879 bits per heavy atom. The van der Waals surface area contributed by atoms with E-state index in [1.54, 1.807) is 0 Å². The molecular formula is C27H42O6. The monoisotopic (exact) mass is 462 g/mol. The first-order valence-electron chi connectivity index (χ1n) is 12.9. The maximum absolute atomic E-state index is 12.5. The number of carbonyl (C=O) groups is 3. The van der Waals surface area contributed by atoms with Gasteiger partial charge in [-0.2, -0.15) is 0 Å². The van der Waals surface area contributed by atoms with Gasteiger partial charge in [0, 0.05) is 19.3 Å². The highest BCUT2D eigenvalue weighted by Gasteiger charge is 2.65. The summed E-state index contributed by atoms with van der Waals surface area (Å²) in [6.07, 6.45) is 8.03. The minimum absolute atomic E-state index is 0.0343. The summed E-state index contributed by atoms with van der Waals surface area (Å²) < 4.78 is 16.8. The number of carbonyl (C=O) groups excluding carboxylic acids is 3. The molecule has 10 unspecified atom stereocenters. The topological polar surface area (TPSA) is 78.9 Å². The van der Waals surface area contributed by atoms with Crippen LogP contribution in [0.5, 0.6) is 0 Å². The lowest BCUT2D eigenvalue weighted by Crippen LogP contribution is -2.60. The fraction of sp³-hybridized carbons (Fsp3) is 0.889. The highest BCUT2D eigenvalue weighted by Crippen LogP contribution is 2.68. The van der Waals surface area contributed by atoms with Crippen molar-refractivity contribution in [2.75, 3.05) is 7.11 Å². The second kappa shape index (κ2) is 8.88. The van der Waals surface area contributed by atoms with Gasteiger partial charge in [-0.1, -0.05) is 20.8 Å². The Morgan fingerprint density at radius 3 is 2.21 bits per heavy atom. The van der Waals surface area contributed by atoms with Gasteiger partial charge >= 0.3 is 17.9 Å². The molecular weight excluding hydrogens is 420 g/mol. The second-order valence-corrected chi connectivity index (χ2v) is 11.9. The van der Waals surface area contributed by atoms with Crippen LogP contribution in [0, 0.1) is 46.3 Å². The lowest BCUT2D eigenvalue weighted by Gasteiger charge is -2.62. The lowest BCUT2D eigenvalue weighted by molar-refractivity contribution is -0.198. The molecule has 6 heteroatoms. The first-order valence-corrected chi connectivity index (χ1v) is 12.9. The van der Waals surface area contributed by atoms with Gasteiger partial charge in [0.25, 0.3) is 0 Å². The molecule has 0 heterocycles. The molecule has 0 saturated heterocycles. The van der Waals surface area contributed by atoms with E-state index in [4.69, 9.17) is 14.2 Å². The molecule has 4 aliphatic rings. The van der Waals surface area contributed by atoms with Gasteiger partial charge in [0.1, 0.15) is 12.2 Å². The molecule has 0 amide bonds. The summed E-state index contributed by atoms with van der Waals surface area (Å²) in [5, 5.41) is 0. The zero-order valence-corrected chi connectivity index (χ0v) is 21.2. The molecule has 0 aromatic carbocycles. The largest absolute Gasteiger partial charge is 0.469 e. The maximum Gasteiger partial charge on any atom is 0.308 e. The number of hydrogen-bond acceptors (Lipinski definition) is 6. The standard InChI is InChI=1S/C27H42O6/c1-15(25(30)31-6)21-9-10-22-20-8-7-18-13-19(32-16(2)28)11-12-26(18,4)23(20)14-24(27(21,22)5)33-17(3)29/h15,18-24H,7-14H2,1-6H3. The van der Waals surface area contributed by atoms with Crippen molar-refractivity contribution in [1.82, 2.24) is 0 Å². The van der Waals surface area contributed by atoms with Gasteiger partial charge in [0.15, 0.2) is 0 Å². The van der Waals surface area contributed by atoms with Crippen molar-refractivity contribution in [3.05, 3.63) is 0 Å². The van der Waals surface area contributed by atoms with E-state index in [1.165, 1.54) is 27.4 Å². The first-order chi connectivity index (χ1) is 15.5. The summed E-state index contributed by atoms with van der Waals surface area (Å²) >= 11 is 0. The zero-order chi connectivity index (χ0) is 24.1. The normalized spacial score (nSPS) is 45.1. The van der Waals surface area contributed by atoms with Gasteiger partial charge in [-0.05, 0) is 86.4 Å². The van der Waals surface area contributed by atoms with Crippen molar-refractivity contribution in [1.29, 1.82) is 0 Å².